The molecule has 1 aromatic heterocycles. The number of anilines is 1. The summed E-state index contributed by atoms with van der Waals surface area (Å²) in [5.41, 5.74) is 6.64. The van der Waals surface area contributed by atoms with Crippen molar-refractivity contribution in [1.82, 2.24) is 9.55 Å². The average molecular weight is 139 g/mol. The minimum absolute atomic E-state index is 0.792. The number of aromatic nitrogens is 2. The van der Waals surface area contributed by atoms with E-state index in [9.17, 15) is 0 Å². The molecular weight excluding hydrogens is 126 g/mol. The van der Waals surface area contributed by atoms with Gasteiger partial charge < -0.3 is 10.3 Å². The number of nitrogens with two attached hydrogens (primary N) is 1. The second kappa shape index (κ2) is 2.33. The van der Waals surface area contributed by atoms with Crippen LogP contribution in [0.2, 0.25) is 0 Å². The van der Waals surface area contributed by atoms with Crippen LogP contribution < -0.4 is 5.73 Å². The van der Waals surface area contributed by atoms with Crippen LogP contribution in [0.3, 0.4) is 0 Å². The molecule has 1 aromatic rings. The first kappa shape index (κ1) is 7.12. The van der Waals surface area contributed by atoms with Crippen LogP contribution in [0.15, 0.2) is 0 Å². The van der Waals surface area contributed by atoms with Gasteiger partial charge in [-0.05, 0) is 20.8 Å². The zero-order chi connectivity index (χ0) is 7.72. The van der Waals surface area contributed by atoms with Gasteiger partial charge in [-0.3, -0.25) is 0 Å². The topological polar surface area (TPSA) is 43.8 Å². The Labute approximate surface area is 60.9 Å². The van der Waals surface area contributed by atoms with Crippen LogP contribution in [-0.2, 0) is 6.54 Å². The van der Waals surface area contributed by atoms with Crippen LogP contribution >= 0.6 is 0 Å². The zero-order valence-electron chi connectivity index (χ0n) is 6.68. The fourth-order valence-corrected chi connectivity index (χ4v) is 1.13. The van der Waals surface area contributed by atoms with E-state index in [1.165, 1.54) is 0 Å². The molecule has 0 aliphatic rings. The highest BCUT2D eigenvalue weighted by Crippen LogP contribution is 2.11. The van der Waals surface area contributed by atoms with Crippen LogP contribution in [0.4, 0.5) is 5.82 Å². The van der Waals surface area contributed by atoms with Gasteiger partial charge in [-0.15, -0.1) is 0 Å². The summed E-state index contributed by atoms with van der Waals surface area (Å²) < 4.78 is 2.00. The van der Waals surface area contributed by atoms with Gasteiger partial charge in [0.15, 0.2) is 0 Å². The van der Waals surface area contributed by atoms with Crippen molar-refractivity contribution < 1.29 is 0 Å². The molecule has 1 rings (SSSR count). The standard InChI is InChI=1S/C7H13N3/c1-4-10-6(3)9-5(2)7(10)8/h4,8H2,1-3H3. The Morgan fingerprint density at radius 1 is 1.50 bits per heavy atom. The largest absolute Gasteiger partial charge is 0.384 e. The fourth-order valence-electron chi connectivity index (χ4n) is 1.13. The number of nitrogens with zero attached hydrogens (tertiary/aromatic N) is 2. The van der Waals surface area contributed by atoms with Gasteiger partial charge in [-0.25, -0.2) is 4.98 Å². The third kappa shape index (κ3) is 0.875. The Bertz CT molecular complexity index is 237. The number of aryl methyl sites for hydroxylation is 2. The van der Waals surface area contributed by atoms with E-state index in [1.54, 1.807) is 0 Å². The van der Waals surface area contributed by atoms with Gasteiger partial charge in [0.1, 0.15) is 11.6 Å². The predicted octanol–water partition coefficient (Wildman–Crippen LogP) is 1.10. The van der Waals surface area contributed by atoms with Gasteiger partial charge in [0.25, 0.3) is 0 Å². The van der Waals surface area contributed by atoms with Gasteiger partial charge in [-0.1, -0.05) is 0 Å². The molecule has 0 amide bonds. The molecule has 0 saturated heterocycles. The molecule has 10 heavy (non-hydrogen) atoms. The highest BCUT2D eigenvalue weighted by atomic mass is 15.1. The maximum absolute atomic E-state index is 5.71. The Hall–Kier alpha value is -0.990. The van der Waals surface area contributed by atoms with E-state index in [4.69, 9.17) is 5.73 Å². The Morgan fingerprint density at radius 3 is 2.30 bits per heavy atom. The molecule has 0 aliphatic heterocycles. The van der Waals surface area contributed by atoms with Crippen molar-refractivity contribution in [3.05, 3.63) is 11.5 Å². The van der Waals surface area contributed by atoms with E-state index in [1.807, 2.05) is 18.4 Å². The van der Waals surface area contributed by atoms with Gasteiger partial charge in [0.2, 0.25) is 0 Å². The molecule has 0 unspecified atom stereocenters. The molecule has 3 nitrogen and oxygen atoms in total. The molecule has 0 atom stereocenters. The van der Waals surface area contributed by atoms with E-state index < -0.39 is 0 Å². The maximum atomic E-state index is 5.71. The lowest BCUT2D eigenvalue weighted by atomic mass is 10.5. The molecule has 0 aromatic carbocycles. The van der Waals surface area contributed by atoms with E-state index in [0.717, 1.165) is 23.9 Å². The summed E-state index contributed by atoms with van der Waals surface area (Å²) in [6, 6.07) is 0. The normalized spacial score (nSPS) is 10.3. The molecule has 3 heteroatoms. The average Bonchev–Trinajstić information content (AvgIpc) is 2.09. The van der Waals surface area contributed by atoms with Gasteiger partial charge in [0, 0.05) is 6.54 Å². The minimum Gasteiger partial charge on any atom is -0.384 e. The van der Waals surface area contributed by atoms with Crippen molar-refractivity contribution in [3.63, 3.8) is 0 Å². The molecule has 0 aliphatic carbocycles. The lowest BCUT2D eigenvalue weighted by Crippen LogP contribution is -2.02. The number of hydrogen-bond acceptors (Lipinski definition) is 2. The summed E-state index contributed by atoms with van der Waals surface area (Å²) in [6.07, 6.45) is 0. The molecule has 0 bridgehead atoms. The van der Waals surface area contributed by atoms with Crippen LogP contribution in [0.1, 0.15) is 18.4 Å². The summed E-state index contributed by atoms with van der Waals surface area (Å²) >= 11 is 0. The zero-order valence-corrected chi connectivity index (χ0v) is 6.68. The maximum Gasteiger partial charge on any atom is 0.126 e. The SMILES string of the molecule is CCn1c(C)nc(C)c1N. The molecule has 0 spiro atoms. The Balaban J connectivity index is 3.20. The number of imidazole rings is 1. The third-order valence-corrected chi connectivity index (χ3v) is 1.70. The Morgan fingerprint density at radius 2 is 2.10 bits per heavy atom. The van der Waals surface area contributed by atoms with Crippen molar-refractivity contribution in [3.8, 4) is 0 Å². The lowest BCUT2D eigenvalue weighted by Gasteiger charge is -2.01. The van der Waals surface area contributed by atoms with Crippen molar-refractivity contribution in [2.75, 3.05) is 5.73 Å². The van der Waals surface area contributed by atoms with Crippen molar-refractivity contribution in [1.29, 1.82) is 0 Å². The third-order valence-electron chi connectivity index (χ3n) is 1.70. The molecular formula is C7H13N3. The van der Waals surface area contributed by atoms with Crippen molar-refractivity contribution in [2.45, 2.75) is 27.3 Å². The van der Waals surface area contributed by atoms with E-state index in [-0.39, 0.29) is 0 Å². The molecule has 0 saturated carbocycles. The summed E-state index contributed by atoms with van der Waals surface area (Å²) in [4.78, 5) is 4.22. The molecule has 0 fully saturated rings. The predicted molar refractivity (Wildman–Crippen MR) is 41.8 cm³/mol. The molecule has 0 radical (unpaired) electrons. The number of rotatable bonds is 1. The lowest BCUT2D eigenvalue weighted by molar-refractivity contribution is 0.739. The second-order valence-corrected chi connectivity index (χ2v) is 2.37. The molecule has 1 heterocycles. The smallest absolute Gasteiger partial charge is 0.126 e. The summed E-state index contributed by atoms with van der Waals surface area (Å²) in [7, 11) is 0. The van der Waals surface area contributed by atoms with E-state index >= 15 is 0 Å². The summed E-state index contributed by atoms with van der Waals surface area (Å²) in [5.74, 6) is 1.79. The fraction of sp³-hybridized carbons (Fsp3) is 0.571. The van der Waals surface area contributed by atoms with Gasteiger partial charge >= 0.3 is 0 Å². The van der Waals surface area contributed by atoms with Crippen molar-refractivity contribution >= 4 is 5.82 Å². The highest BCUT2D eigenvalue weighted by molar-refractivity contribution is 5.36. The second-order valence-electron chi connectivity index (χ2n) is 2.37. The first-order valence-corrected chi connectivity index (χ1v) is 3.46. The first-order chi connectivity index (χ1) is 4.66. The number of nitrogen functional groups attached to an aromatic ring is 1. The van der Waals surface area contributed by atoms with Gasteiger partial charge in [0.05, 0.1) is 5.69 Å². The van der Waals surface area contributed by atoms with Crippen LogP contribution in [0.25, 0.3) is 0 Å². The minimum atomic E-state index is 0.792. The quantitative estimate of drug-likeness (QED) is 0.633. The monoisotopic (exact) mass is 139 g/mol. The van der Waals surface area contributed by atoms with Gasteiger partial charge in [-0.2, -0.15) is 0 Å². The van der Waals surface area contributed by atoms with Crippen LogP contribution in [-0.4, -0.2) is 9.55 Å². The van der Waals surface area contributed by atoms with E-state index in [0.29, 0.717) is 0 Å². The number of hydrogen-bond donors (Lipinski definition) is 1. The van der Waals surface area contributed by atoms with E-state index in [2.05, 4.69) is 11.9 Å². The van der Waals surface area contributed by atoms with Crippen LogP contribution in [0.5, 0.6) is 0 Å². The first-order valence-electron chi connectivity index (χ1n) is 3.46. The molecule has 2 N–H and O–H groups in total. The molecule has 56 valence electrons. The van der Waals surface area contributed by atoms with Crippen LogP contribution in [0, 0.1) is 13.8 Å². The summed E-state index contributed by atoms with van der Waals surface area (Å²) in [6.45, 7) is 6.85. The van der Waals surface area contributed by atoms with Crippen molar-refractivity contribution in [2.24, 2.45) is 0 Å². The Kier molecular flexibility index (Phi) is 1.66. The summed E-state index contributed by atoms with van der Waals surface area (Å²) in [5, 5.41) is 0. The highest BCUT2D eigenvalue weighted by Gasteiger charge is 2.04.